The van der Waals surface area contributed by atoms with Gasteiger partial charge in [0, 0.05) is 17.8 Å². The van der Waals surface area contributed by atoms with Gasteiger partial charge in [0.25, 0.3) is 11.8 Å². The minimum atomic E-state index is -0.366. The van der Waals surface area contributed by atoms with Crippen molar-refractivity contribution in [3.8, 4) is 5.75 Å². The standard InChI is InChI=1S/C22H23ClN2O3/c1-13(2)12-28-17-8-5-15(6-9-17)19-20(22(27)25(4)21(19)26)24-18-10-7-16(23)11-14(18)3/h5-11,13,24H,12H2,1-4H3. The molecule has 0 radical (unpaired) electrons. The molecule has 2 amide bonds. The third kappa shape index (κ3) is 4.04. The Morgan fingerprint density at radius 3 is 2.36 bits per heavy atom. The number of nitrogens with zero attached hydrogens (tertiary/aromatic N) is 1. The van der Waals surface area contributed by atoms with Gasteiger partial charge in [-0.25, -0.2) is 0 Å². The fourth-order valence-electron chi connectivity index (χ4n) is 2.91. The number of anilines is 1. The minimum Gasteiger partial charge on any atom is -0.493 e. The van der Waals surface area contributed by atoms with Crippen LogP contribution in [-0.4, -0.2) is 30.4 Å². The number of halogens is 1. The molecule has 1 aliphatic heterocycles. The lowest BCUT2D eigenvalue weighted by atomic mass is 10.0. The molecule has 0 atom stereocenters. The molecule has 2 aromatic rings. The first kappa shape index (κ1) is 20.0. The number of nitrogens with one attached hydrogen (secondary N) is 1. The summed E-state index contributed by atoms with van der Waals surface area (Å²) in [4.78, 5) is 26.5. The summed E-state index contributed by atoms with van der Waals surface area (Å²) in [7, 11) is 1.48. The number of hydrogen-bond donors (Lipinski definition) is 1. The highest BCUT2D eigenvalue weighted by molar-refractivity contribution is 6.36. The quantitative estimate of drug-likeness (QED) is 0.727. The van der Waals surface area contributed by atoms with Crippen LogP contribution in [0.2, 0.25) is 5.02 Å². The summed E-state index contributed by atoms with van der Waals surface area (Å²) >= 11 is 6.01. The third-order valence-corrected chi connectivity index (χ3v) is 4.70. The van der Waals surface area contributed by atoms with Crippen LogP contribution in [0.3, 0.4) is 0 Å². The second kappa shape index (κ2) is 8.07. The highest BCUT2D eigenvalue weighted by Gasteiger charge is 2.36. The van der Waals surface area contributed by atoms with E-state index in [1.165, 1.54) is 7.05 Å². The van der Waals surface area contributed by atoms with Crippen LogP contribution in [0.4, 0.5) is 5.69 Å². The minimum absolute atomic E-state index is 0.258. The van der Waals surface area contributed by atoms with E-state index in [2.05, 4.69) is 19.2 Å². The number of carbonyl (C=O) groups excluding carboxylic acids is 2. The fraction of sp³-hybridized carbons (Fsp3) is 0.273. The van der Waals surface area contributed by atoms with E-state index in [0.29, 0.717) is 28.7 Å². The van der Waals surface area contributed by atoms with Crippen molar-refractivity contribution in [2.75, 3.05) is 19.0 Å². The van der Waals surface area contributed by atoms with E-state index in [1.807, 2.05) is 19.1 Å². The highest BCUT2D eigenvalue weighted by Crippen LogP contribution is 2.31. The van der Waals surface area contributed by atoms with Crippen LogP contribution < -0.4 is 10.1 Å². The van der Waals surface area contributed by atoms with Crippen molar-refractivity contribution in [3.63, 3.8) is 0 Å². The van der Waals surface area contributed by atoms with Gasteiger partial charge in [-0.2, -0.15) is 0 Å². The lowest BCUT2D eigenvalue weighted by molar-refractivity contribution is -0.135. The lowest BCUT2D eigenvalue weighted by Gasteiger charge is -2.12. The molecule has 0 bridgehead atoms. The Kier molecular flexibility index (Phi) is 5.75. The highest BCUT2D eigenvalue weighted by atomic mass is 35.5. The predicted molar refractivity (Wildman–Crippen MR) is 111 cm³/mol. The van der Waals surface area contributed by atoms with Gasteiger partial charge in [-0.3, -0.25) is 14.5 Å². The van der Waals surface area contributed by atoms with E-state index in [0.717, 1.165) is 21.9 Å². The molecule has 1 heterocycles. The van der Waals surface area contributed by atoms with Crippen molar-refractivity contribution in [3.05, 3.63) is 64.3 Å². The van der Waals surface area contributed by atoms with Crippen molar-refractivity contribution in [1.29, 1.82) is 0 Å². The zero-order valence-corrected chi connectivity index (χ0v) is 17.1. The van der Waals surface area contributed by atoms with Gasteiger partial charge >= 0.3 is 0 Å². The Morgan fingerprint density at radius 2 is 1.75 bits per heavy atom. The van der Waals surface area contributed by atoms with Gasteiger partial charge < -0.3 is 10.1 Å². The molecule has 0 unspecified atom stereocenters. The lowest BCUT2D eigenvalue weighted by Crippen LogP contribution is -2.28. The Labute approximate surface area is 169 Å². The van der Waals surface area contributed by atoms with Crippen LogP contribution in [0.1, 0.15) is 25.0 Å². The van der Waals surface area contributed by atoms with E-state index in [1.54, 1.807) is 30.3 Å². The summed E-state index contributed by atoms with van der Waals surface area (Å²) in [6.45, 7) is 6.66. The maximum absolute atomic E-state index is 12.7. The number of ether oxygens (including phenoxy) is 1. The van der Waals surface area contributed by atoms with E-state index in [-0.39, 0.29) is 17.5 Å². The Morgan fingerprint density at radius 1 is 1.07 bits per heavy atom. The number of aryl methyl sites for hydroxylation is 1. The average Bonchev–Trinajstić information content (AvgIpc) is 2.86. The first-order chi connectivity index (χ1) is 13.3. The van der Waals surface area contributed by atoms with Gasteiger partial charge in [0.05, 0.1) is 12.2 Å². The van der Waals surface area contributed by atoms with Crippen molar-refractivity contribution >= 4 is 34.7 Å². The number of amides is 2. The maximum atomic E-state index is 12.7. The molecule has 5 nitrogen and oxygen atoms in total. The number of carbonyl (C=O) groups is 2. The number of imide groups is 1. The molecule has 0 aliphatic carbocycles. The molecule has 3 rings (SSSR count). The molecule has 146 valence electrons. The smallest absolute Gasteiger partial charge is 0.277 e. The normalized spacial score (nSPS) is 14.3. The summed E-state index contributed by atoms with van der Waals surface area (Å²) in [6.07, 6.45) is 0. The summed E-state index contributed by atoms with van der Waals surface area (Å²) in [5, 5.41) is 3.74. The van der Waals surface area contributed by atoms with E-state index >= 15 is 0 Å². The fourth-order valence-corrected chi connectivity index (χ4v) is 3.13. The van der Waals surface area contributed by atoms with Crippen molar-refractivity contribution < 1.29 is 14.3 Å². The number of benzene rings is 2. The predicted octanol–water partition coefficient (Wildman–Crippen LogP) is 4.51. The van der Waals surface area contributed by atoms with E-state index in [4.69, 9.17) is 16.3 Å². The summed E-state index contributed by atoms with van der Waals surface area (Å²) < 4.78 is 5.70. The zero-order valence-electron chi connectivity index (χ0n) is 16.4. The molecule has 0 saturated carbocycles. The first-order valence-corrected chi connectivity index (χ1v) is 9.48. The second-order valence-electron chi connectivity index (χ2n) is 7.23. The van der Waals surface area contributed by atoms with Crippen molar-refractivity contribution in [2.24, 2.45) is 5.92 Å². The largest absolute Gasteiger partial charge is 0.493 e. The Bertz CT molecular complexity index is 949. The zero-order chi connectivity index (χ0) is 20.4. The SMILES string of the molecule is Cc1cc(Cl)ccc1NC1=C(c2ccc(OCC(C)C)cc2)C(=O)N(C)C1=O. The Hall–Kier alpha value is -2.79. The van der Waals surface area contributed by atoms with Gasteiger partial charge in [-0.15, -0.1) is 0 Å². The molecule has 0 aromatic heterocycles. The van der Waals surface area contributed by atoms with Crippen LogP contribution >= 0.6 is 11.6 Å². The summed E-state index contributed by atoms with van der Waals surface area (Å²) in [5.74, 6) is 0.444. The average molecular weight is 399 g/mol. The number of likely N-dealkylation sites (N-methyl/N-ethyl adjacent to an activating group) is 1. The first-order valence-electron chi connectivity index (χ1n) is 9.11. The molecular weight excluding hydrogens is 376 g/mol. The second-order valence-corrected chi connectivity index (χ2v) is 7.67. The molecule has 1 N–H and O–H groups in total. The van der Waals surface area contributed by atoms with Crippen LogP contribution in [0.25, 0.3) is 5.57 Å². The van der Waals surface area contributed by atoms with Gasteiger partial charge in [0.1, 0.15) is 11.4 Å². The number of rotatable bonds is 6. The van der Waals surface area contributed by atoms with Gasteiger partial charge in [0.2, 0.25) is 0 Å². The third-order valence-electron chi connectivity index (χ3n) is 4.46. The maximum Gasteiger partial charge on any atom is 0.277 e. The van der Waals surface area contributed by atoms with Crippen LogP contribution in [0.5, 0.6) is 5.75 Å². The van der Waals surface area contributed by atoms with Crippen molar-refractivity contribution in [2.45, 2.75) is 20.8 Å². The Balaban J connectivity index is 1.96. The summed E-state index contributed by atoms with van der Waals surface area (Å²) in [6, 6.07) is 12.6. The van der Waals surface area contributed by atoms with E-state index in [9.17, 15) is 9.59 Å². The van der Waals surface area contributed by atoms with Gasteiger partial charge in [-0.05, 0) is 54.3 Å². The van der Waals surface area contributed by atoms with Gasteiger partial charge in [0.15, 0.2) is 0 Å². The molecule has 0 spiro atoms. The molecule has 2 aromatic carbocycles. The molecule has 6 heteroatoms. The molecule has 0 fully saturated rings. The van der Waals surface area contributed by atoms with Crippen LogP contribution in [-0.2, 0) is 9.59 Å². The number of hydrogen-bond acceptors (Lipinski definition) is 4. The molecule has 1 aliphatic rings. The monoisotopic (exact) mass is 398 g/mol. The van der Waals surface area contributed by atoms with Crippen molar-refractivity contribution in [1.82, 2.24) is 4.90 Å². The summed E-state index contributed by atoms with van der Waals surface area (Å²) in [5.41, 5.74) is 2.87. The van der Waals surface area contributed by atoms with Gasteiger partial charge in [-0.1, -0.05) is 37.6 Å². The van der Waals surface area contributed by atoms with Crippen LogP contribution in [0, 0.1) is 12.8 Å². The molecular formula is C22H23ClN2O3. The topological polar surface area (TPSA) is 58.6 Å². The van der Waals surface area contributed by atoms with E-state index < -0.39 is 0 Å². The van der Waals surface area contributed by atoms with Crippen LogP contribution in [0.15, 0.2) is 48.2 Å². The molecule has 0 saturated heterocycles. The molecule has 28 heavy (non-hydrogen) atoms.